The number of hydrogen-bond acceptors (Lipinski definition) is 6. The smallest absolute Gasteiger partial charge is 0.380 e. The molecule has 2 atom stereocenters. The fourth-order valence-corrected chi connectivity index (χ4v) is 3.50. The van der Waals surface area contributed by atoms with Crippen LogP contribution in [0, 0.1) is 0 Å². The molecule has 6 nitrogen and oxygen atoms in total. The van der Waals surface area contributed by atoms with Crippen LogP contribution in [0.5, 0.6) is 0 Å². The van der Waals surface area contributed by atoms with Crippen LogP contribution in [0.25, 0.3) is 22.2 Å². The lowest BCUT2D eigenvalue weighted by molar-refractivity contribution is -0.206. The highest BCUT2D eigenvalue weighted by atomic mass is 19.4. The van der Waals surface area contributed by atoms with Crippen molar-refractivity contribution in [2.24, 2.45) is 0 Å². The molecule has 9 heteroatoms. The van der Waals surface area contributed by atoms with E-state index in [4.69, 9.17) is 9.37 Å². The van der Waals surface area contributed by atoms with E-state index in [2.05, 4.69) is 15.2 Å². The zero-order valence-electron chi connectivity index (χ0n) is 15.0. The molecule has 4 rings (SSSR count). The number of anilines is 1. The van der Waals surface area contributed by atoms with E-state index >= 15 is 0 Å². The van der Waals surface area contributed by atoms with E-state index in [0.29, 0.717) is 28.7 Å². The molecular weight excluding hydrogens is 375 g/mol. The fraction of sp³-hybridized carbons (Fsp3) is 0.368. The maximum atomic E-state index is 12.9. The standard InChI is InChI=1S/C19H18F3N3O3/c1-27-14-5-6-25(10-14)16-9-13(8-15-17(16)24-28-23-15)11-3-2-4-12(7-11)18(26)19(20,21)22/h2-4,7-9,14,18,26H,5-6,10H2,1H3. The Balaban J connectivity index is 1.76. The van der Waals surface area contributed by atoms with Gasteiger partial charge in [-0.15, -0.1) is 0 Å². The van der Waals surface area contributed by atoms with Crippen molar-refractivity contribution in [3.63, 3.8) is 0 Å². The van der Waals surface area contributed by atoms with Crippen LogP contribution in [0.3, 0.4) is 0 Å². The molecule has 0 radical (unpaired) electrons. The second kappa shape index (κ2) is 7.06. The molecule has 0 bridgehead atoms. The van der Waals surface area contributed by atoms with E-state index in [9.17, 15) is 18.3 Å². The van der Waals surface area contributed by atoms with Gasteiger partial charge in [0.25, 0.3) is 0 Å². The molecule has 28 heavy (non-hydrogen) atoms. The predicted molar refractivity (Wildman–Crippen MR) is 95.9 cm³/mol. The molecular formula is C19H18F3N3O3. The zero-order chi connectivity index (χ0) is 19.9. The summed E-state index contributed by atoms with van der Waals surface area (Å²) in [4.78, 5) is 2.10. The van der Waals surface area contributed by atoms with Crippen molar-refractivity contribution in [2.75, 3.05) is 25.1 Å². The van der Waals surface area contributed by atoms with Crippen molar-refractivity contribution in [1.82, 2.24) is 10.3 Å². The lowest BCUT2D eigenvalue weighted by atomic mass is 9.99. The molecule has 2 unspecified atom stereocenters. The Hall–Kier alpha value is -2.65. The van der Waals surface area contributed by atoms with E-state index in [1.54, 1.807) is 19.2 Å². The number of methoxy groups -OCH3 is 1. The number of benzene rings is 2. The van der Waals surface area contributed by atoms with Gasteiger partial charge in [0.15, 0.2) is 11.6 Å². The number of aliphatic hydroxyl groups excluding tert-OH is 1. The molecule has 2 aromatic carbocycles. The highest BCUT2D eigenvalue weighted by molar-refractivity contribution is 5.92. The molecule has 1 saturated heterocycles. The van der Waals surface area contributed by atoms with E-state index in [1.165, 1.54) is 18.2 Å². The fourth-order valence-electron chi connectivity index (χ4n) is 3.50. The van der Waals surface area contributed by atoms with Gasteiger partial charge in [-0.2, -0.15) is 13.2 Å². The maximum absolute atomic E-state index is 12.9. The lowest BCUT2D eigenvalue weighted by Crippen LogP contribution is -2.22. The molecule has 3 aromatic rings. The number of ether oxygens (including phenoxy) is 1. The average Bonchev–Trinajstić information content (AvgIpc) is 3.35. The zero-order valence-corrected chi connectivity index (χ0v) is 15.0. The second-order valence-corrected chi connectivity index (χ2v) is 6.79. The number of nitrogens with zero attached hydrogens (tertiary/aromatic N) is 3. The molecule has 2 heterocycles. The summed E-state index contributed by atoms with van der Waals surface area (Å²) in [6, 6.07) is 9.32. The van der Waals surface area contributed by atoms with Gasteiger partial charge in [-0.05, 0) is 51.6 Å². The molecule has 0 spiro atoms. The molecule has 1 aliphatic rings. The first-order valence-electron chi connectivity index (χ1n) is 8.76. The number of rotatable bonds is 4. The topological polar surface area (TPSA) is 71.6 Å². The third-order valence-electron chi connectivity index (χ3n) is 5.01. The maximum Gasteiger partial charge on any atom is 0.418 e. The van der Waals surface area contributed by atoms with Gasteiger partial charge in [-0.1, -0.05) is 18.2 Å². The first-order chi connectivity index (χ1) is 13.4. The van der Waals surface area contributed by atoms with Crippen LogP contribution in [-0.2, 0) is 4.74 Å². The second-order valence-electron chi connectivity index (χ2n) is 6.79. The number of fused-ring (bicyclic) bond motifs is 1. The predicted octanol–water partition coefficient (Wildman–Crippen LogP) is 3.71. The summed E-state index contributed by atoms with van der Waals surface area (Å²) in [7, 11) is 1.66. The van der Waals surface area contributed by atoms with Gasteiger partial charge in [0.1, 0.15) is 5.52 Å². The summed E-state index contributed by atoms with van der Waals surface area (Å²) < 4.78 is 48.9. The van der Waals surface area contributed by atoms with E-state index in [1.807, 2.05) is 6.07 Å². The Morgan fingerprint density at radius 3 is 2.75 bits per heavy atom. The quantitative estimate of drug-likeness (QED) is 0.729. The van der Waals surface area contributed by atoms with Crippen molar-refractivity contribution >= 4 is 16.7 Å². The number of aromatic nitrogens is 2. The largest absolute Gasteiger partial charge is 0.418 e. The van der Waals surface area contributed by atoms with Crippen LogP contribution in [0.15, 0.2) is 41.0 Å². The highest BCUT2D eigenvalue weighted by Gasteiger charge is 2.39. The first-order valence-corrected chi connectivity index (χ1v) is 8.76. The van der Waals surface area contributed by atoms with Crippen LogP contribution >= 0.6 is 0 Å². The van der Waals surface area contributed by atoms with Gasteiger partial charge in [-0.25, -0.2) is 4.63 Å². The Morgan fingerprint density at radius 1 is 1.21 bits per heavy atom. The van der Waals surface area contributed by atoms with Crippen molar-refractivity contribution in [3.05, 3.63) is 42.0 Å². The number of alkyl halides is 3. The molecule has 0 aliphatic carbocycles. The molecule has 148 valence electrons. The number of hydrogen-bond donors (Lipinski definition) is 1. The number of aliphatic hydroxyl groups is 1. The van der Waals surface area contributed by atoms with Gasteiger partial charge >= 0.3 is 6.18 Å². The van der Waals surface area contributed by atoms with E-state index < -0.39 is 12.3 Å². The summed E-state index contributed by atoms with van der Waals surface area (Å²) in [5.41, 5.74) is 2.87. The van der Waals surface area contributed by atoms with Gasteiger partial charge in [0, 0.05) is 20.2 Å². The van der Waals surface area contributed by atoms with Crippen LogP contribution in [-0.4, -0.2) is 47.9 Å². The van der Waals surface area contributed by atoms with Crippen LogP contribution in [0.4, 0.5) is 18.9 Å². The SMILES string of the molecule is COC1CCN(c2cc(-c3cccc(C(O)C(F)(F)F)c3)cc3nonc23)C1. The average molecular weight is 393 g/mol. The van der Waals surface area contributed by atoms with Crippen LogP contribution in [0.2, 0.25) is 0 Å². The third kappa shape index (κ3) is 3.43. The lowest BCUT2D eigenvalue weighted by Gasteiger charge is -2.20. The van der Waals surface area contributed by atoms with Crippen molar-refractivity contribution in [2.45, 2.75) is 24.8 Å². The molecule has 1 fully saturated rings. The highest BCUT2D eigenvalue weighted by Crippen LogP contribution is 2.37. The Morgan fingerprint density at radius 2 is 2.04 bits per heavy atom. The first kappa shape index (κ1) is 18.7. The minimum absolute atomic E-state index is 0.101. The summed E-state index contributed by atoms with van der Waals surface area (Å²) >= 11 is 0. The number of halogens is 3. The minimum atomic E-state index is -4.73. The third-order valence-corrected chi connectivity index (χ3v) is 5.01. The molecule has 1 aromatic heterocycles. The van der Waals surface area contributed by atoms with Crippen molar-refractivity contribution < 1.29 is 27.6 Å². The Bertz CT molecular complexity index is 989. The molecule has 0 amide bonds. The van der Waals surface area contributed by atoms with Gasteiger partial charge < -0.3 is 14.7 Å². The Labute approximate surface area is 158 Å². The van der Waals surface area contributed by atoms with Crippen molar-refractivity contribution in [1.29, 1.82) is 0 Å². The molecule has 1 N–H and O–H groups in total. The van der Waals surface area contributed by atoms with E-state index in [0.717, 1.165) is 18.7 Å². The van der Waals surface area contributed by atoms with Crippen LogP contribution in [0.1, 0.15) is 18.1 Å². The van der Waals surface area contributed by atoms with Gasteiger partial charge in [0.2, 0.25) is 0 Å². The van der Waals surface area contributed by atoms with Crippen LogP contribution < -0.4 is 4.90 Å². The monoisotopic (exact) mass is 393 g/mol. The normalized spacial score (nSPS) is 18.8. The summed E-state index contributed by atoms with van der Waals surface area (Å²) in [6.45, 7) is 1.44. The summed E-state index contributed by atoms with van der Waals surface area (Å²) in [5.74, 6) is 0. The van der Waals surface area contributed by atoms with E-state index in [-0.39, 0.29) is 11.7 Å². The van der Waals surface area contributed by atoms with Gasteiger partial charge in [-0.3, -0.25) is 0 Å². The van der Waals surface area contributed by atoms with Gasteiger partial charge in [0.05, 0.1) is 11.8 Å². The summed E-state index contributed by atoms with van der Waals surface area (Å²) in [6.07, 6.45) is -6.30. The molecule has 1 aliphatic heterocycles. The molecule has 0 saturated carbocycles. The summed E-state index contributed by atoms with van der Waals surface area (Å²) in [5, 5.41) is 17.4. The minimum Gasteiger partial charge on any atom is -0.380 e. The Kier molecular flexibility index (Phi) is 4.72. The van der Waals surface area contributed by atoms with Crippen molar-refractivity contribution in [3.8, 4) is 11.1 Å².